The molecule has 1 saturated heterocycles. The second-order valence-electron chi connectivity index (χ2n) is 8.55. The molecule has 6 heteroatoms. The van der Waals surface area contributed by atoms with Gasteiger partial charge in [0.05, 0.1) is 11.7 Å². The molecular formula is C18H23N3O2S. The Labute approximate surface area is 145 Å². The zero-order valence-electron chi connectivity index (χ0n) is 14.4. The second-order valence-corrected chi connectivity index (χ2v) is 9.45. The fraction of sp³-hybridized carbons (Fsp3) is 0.611. The van der Waals surface area contributed by atoms with Crippen molar-refractivity contribution in [2.24, 2.45) is 10.8 Å². The predicted octanol–water partition coefficient (Wildman–Crippen LogP) is 2.89. The maximum Gasteiger partial charge on any atom is 0.262 e. The third kappa shape index (κ3) is 2.57. The van der Waals surface area contributed by atoms with Gasteiger partial charge in [-0.15, -0.1) is 11.3 Å². The molecule has 0 N–H and O–H groups in total. The van der Waals surface area contributed by atoms with Gasteiger partial charge in [0.15, 0.2) is 0 Å². The van der Waals surface area contributed by atoms with Crippen LogP contribution in [0.4, 0.5) is 0 Å². The highest BCUT2D eigenvalue weighted by atomic mass is 32.1. The summed E-state index contributed by atoms with van der Waals surface area (Å²) in [6, 6.07) is 2.09. The molecule has 128 valence electrons. The van der Waals surface area contributed by atoms with Crippen LogP contribution >= 0.6 is 11.3 Å². The maximum absolute atomic E-state index is 12.9. The topological polar surface area (TPSA) is 55.2 Å². The van der Waals surface area contributed by atoms with Gasteiger partial charge in [-0.2, -0.15) is 0 Å². The summed E-state index contributed by atoms with van der Waals surface area (Å²) in [5.41, 5.74) is 0.367. The zero-order chi connectivity index (χ0) is 17.1. The van der Waals surface area contributed by atoms with E-state index in [1.165, 1.54) is 22.2 Å². The Morgan fingerprint density at radius 1 is 1.38 bits per heavy atom. The lowest BCUT2D eigenvalue weighted by molar-refractivity contribution is -0.133. The first-order valence-electron chi connectivity index (χ1n) is 8.49. The standard InChI is InChI=1S/C18H23N3O2S/c1-17(2)6-12-7-18(3,9-17)10-21(12)14(22)8-20-11-19-15-13(16(20)23)4-5-24-15/h4-5,11-12H,6-10H2,1-3H3. The number of rotatable bonds is 2. The number of nitrogens with zero attached hydrogens (tertiary/aromatic N) is 3. The molecular weight excluding hydrogens is 322 g/mol. The number of carbonyl (C=O) groups is 1. The molecule has 5 nitrogen and oxygen atoms in total. The van der Waals surface area contributed by atoms with E-state index in [1.807, 2.05) is 10.3 Å². The molecule has 1 saturated carbocycles. The van der Waals surface area contributed by atoms with E-state index in [1.54, 1.807) is 6.07 Å². The van der Waals surface area contributed by atoms with Crippen LogP contribution in [-0.2, 0) is 11.3 Å². The van der Waals surface area contributed by atoms with E-state index in [4.69, 9.17) is 0 Å². The molecule has 2 aromatic heterocycles. The van der Waals surface area contributed by atoms with Crippen LogP contribution in [0, 0.1) is 10.8 Å². The number of hydrogen-bond donors (Lipinski definition) is 0. The van der Waals surface area contributed by atoms with Crippen LogP contribution < -0.4 is 5.56 Å². The van der Waals surface area contributed by atoms with Gasteiger partial charge in [-0.25, -0.2) is 4.98 Å². The number of aromatic nitrogens is 2. The molecule has 2 aromatic rings. The molecule has 1 aliphatic heterocycles. The highest BCUT2D eigenvalue weighted by Gasteiger charge is 2.50. The fourth-order valence-electron chi connectivity index (χ4n) is 4.99. The summed E-state index contributed by atoms with van der Waals surface area (Å²) in [6.07, 6.45) is 4.79. The molecule has 3 heterocycles. The molecule has 0 radical (unpaired) electrons. The lowest BCUT2D eigenvalue weighted by Crippen LogP contribution is -2.40. The molecule has 2 fully saturated rings. The van der Waals surface area contributed by atoms with Crippen molar-refractivity contribution in [3.63, 3.8) is 0 Å². The van der Waals surface area contributed by atoms with E-state index in [0.29, 0.717) is 11.4 Å². The molecule has 1 aliphatic carbocycles. The van der Waals surface area contributed by atoms with E-state index in [9.17, 15) is 9.59 Å². The number of hydrogen-bond acceptors (Lipinski definition) is 4. The Bertz CT molecular complexity index is 869. The van der Waals surface area contributed by atoms with Gasteiger partial charge in [0.2, 0.25) is 5.91 Å². The molecule has 1 amide bonds. The van der Waals surface area contributed by atoms with E-state index in [2.05, 4.69) is 25.8 Å². The van der Waals surface area contributed by atoms with Crippen LogP contribution in [0.15, 0.2) is 22.6 Å². The molecule has 0 spiro atoms. The zero-order valence-corrected chi connectivity index (χ0v) is 15.2. The number of amides is 1. The van der Waals surface area contributed by atoms with Gasteiger partial charge in [-0.05, 0) is 41.5 Å². The molecule has 2 aliphatic rings. The first kappa shape index (κ1) is 15.8. The fourth-order valence-corrected chi connectivity index (χ4v) is 5.72. The highest BCUT2D eigenvalue weighted by molar-refractivity contribution is 7.16. The Hall–Kier alpha value is -1.69. The summed E-state index contributed by atoms with van der Waals surface area (Å²) in [7, 11) is 0. The summed E-state index contributed by atoms with van der Waals surface area (Å²) in [4.78, 5) is 32.4. The molecule has 2 atom stereocenters. The van der Waals surface area contributed by atoms with Gasteiger partial charge >= 0.3 is 0 Å². The van der Waals surface area contributed by atoms with Gasteiger partial charge in [-0.3, -0.25) is 14.2 Å². The summed E-state index contributed by atoms with van der Waals surface area (Å²) in [5, 5.41) is 2.46. The van der Waals surface area contributed by atoms with Crippen molar-refractivity contribution in [3.8, 4) is 0 Å². The Morgan fingerprint density at radius 2 is 2.17 bits per heavy atom. The smallest absolute Gasteiger partial charge is 0.262 e. The van der Waals surface area contributed by atoms with E-state index >= 15 is 0 Å². The monoisotopic (exact) mass is 345 g/mol. The average Bonchev–Trinajstić information content (AvgIpc) is 3.03. The first-order chi connectivity index (χ1) is 11.3. The van der Waals surface area contributed by atoms with Crippen molar-refractivity contribution >= 4 is 27.5 Å². The molecule has 0 aromatic carbocycles. The third-order valence-electron chi connectivity index (χ3n) is 5.49. The van der Waals surface area contributed by atoms with Gasteiger partial charge in [-0.1, -0.05) is 20.8 Å². The number of thiophene rings is 1. The van der Waals surface area contributed by atoms with Gasteiger partial charge in [0, 0.05) is 12.6 Å². The number of fused-ring (bicyclic) bond motifs is 3. The van der Waals surface area contributed by atoms with Crippen LogP contribution in [0.2, 0.25) is 0 Å². The third-order valence-corrected chi connectivity index (χ3v) is 6.31. The summed E-state index contributed by atoms with van der Waals surface area (Å²) < 4.78 is 1.45. The second kappa shape index (κ2) is 5.15. The van der Waals surface area contributed by atoms with E-state index < -0.39 is 0 Å². The van der Waals surface area contributed by atoms with Crippen LogP contribution in [0.1, 0.15) is 40.0 Å². The Balaban J connectivity index is 1.58. The van der Waals surface area contributed by atoms with Crippen molar-refractivity contribution in [2.45, 2.75) is 52.6 Å². The minimum absolute atomic E-state index is 0.0416. The van der Waals surface area contributed by atoms with E-state index in [0.717, 1.165) is 30.6 Å². The lowest BCUT2D eigenvalue weighted by atomic mass is 9.65. The minimum Gasteiger partial charge on any atom is -0.338 e. The van der Waals surface area contributed by atoms with Gasteiger partial charge < -0.3 is 4.90 Å². The van der Waals surface area contributed by atoms with Crippen LogP contribution in [0.3, 0.4) is 0 Å². The Kier molecular flexibility index (Phi) is 3.39. The quantitative estimate of drug-likeness (QED) is 0.841. The largest absolute Gasteiger partial charge is 0.338 e. The van der Waals surface area contributed by atoms with Crippen molar-refractivity contribution in [1.82, 2.24) is 14.5 Å². The normalized spacial score (nSPS) is 28.5. The summed E-state index contributed by atoms with van der Waals surface area (Å²) >= 11 is 1.45. The van der Waals surface area contributed by atoms with Crippen molar-refractivity contribution < 1.29 is 4.79 Å². The summed E-state index contributed by atoms with van der Waals surface area (Å²) in [5.74, 6) is 0.0416. The molecule has 2 bridgehead atoms. The van der Waals surface area contributed by atoms with Crippen molar-refractivity contribution in [2.75, 3.05) is 6.54 Å². The van der Waals surface area contributed by atoms with Crippen LogP contribution in [-0.4, -0.2) is 32.9 Å². The SMILES string of the molecule is CC1(C)CC2CC(C)(CN2C(=O)Cn2cnc3sccc3c2=O)C1. The average molecular weight is 345 g/mol. The van der Waals surface area contributed by atoms with E-state index in [-0.39, 0.29) is 28.8 Å². The van der Waals surface area contributed by atoms with Crippen molar-refractivity contribution in [1.29, 1.82) is 0 Å². The highest BCUT2D eigenvalue weighted by Crippen LogP contribution is 2.52. The van der Waals surface area contributed by atoms with Gasteiger partial charge in [0.25, 0.3) is 5.56 Å². The van der Waals surface area contributed by atoms with Crippen LogP contribution in [0.5, 0.6) is 0 Å². The van der Waals surface area contributed by atoms with Crippen LogP contribution in [0.25, 0.3) is 10.2 Å². The van der Waals surface area contributed by atoms with Gasteiger partial charge in [0.1, 0.15) is 11.4 Å². The lowest BCUT2D eigenvalue weighted by Gasteiger charge is -2.39. The Morgan fingerprint density at radius 3 is 2.96 bits per heavy atom. The first-order valence-corrected chi connectivity index (χ1v) is 9.37. The molecule has 2 unspecified atom stereocenters. The predicted molar refractivity (Wildman–Crippen MR) is 95.1 cm³/mol. The number of likely N-dealkylation sites (tertiary alicyclic amines) is 1. The molecule has 24 heavy (non-hydrogen) atoms. The van der Waals surface area contributed by atoms with Crippen molar-refractivity contribution in [3.05, 3.63) is 28.1 Å². The maximum atomic E-state index is 12.9. The minimum atomic E-state index is -0.122. The summed E-state index contributed by atoms with van der Waals surface area (Å²) in [6.45, 7) is 7.78. The number of carbonyl (C=O) groups excluding carboxylic acids is 1. The molecule has 4 rings (SSSR count).